The number of morpholine rings is 1. The third-order valence-electron chi connectivity index (χ3n) is 7.77. The minimum absolute atomic E-state index is 0.0207. The number of hydrogen-bond acceptors (Lipinski definition) is 8. The van der Waals surface area contributed by atoms with Crippen LogP contribution >= 0.6 is 0 Å². The number of piperidine rings is 1. The monoisotopic (exact) mass is 531 g/mol. The van der Waals surface area contributed by atoms with Crippen LogP contribution in [0.3, 0.4) is 0 Å². The van der Waals surface area contributed by atoms with Crippen molar-refractivity contribution in [3.63, 3.8) is 0 Å². The number of carbonyl (C=O) groups excluding carboxylic acids is 2. The SMILES string of the molecule is COCC(=O)N1CCC(N2C(=O)N(C)Cc3cnc4ccc(-c5ccc(N6CCOCC6)nc5)nc4c32)CC1. The highest BCUT2D eigenvalue weighted by molar-refractivity contribution is 6.04. The maximum absolute atomic E-state index is 13.6. The van der Waals surface area contributed by atoms with E-state index in [-0.39, 0.29) is 24.6 Å². The third-order valence-corrected chi connectivity index (χ3v) is 7.77. The molecule has 39 heavy (non-hydrogen) atoms. The van der Waals surface area contributed by atoms with Gasteiger partial charge in [-0.15, -0.1) is 0 Å². The fraction of sp³-hybridized carbons (Fsp3) is 0.464. The van der Waals surface area contributed by atoms with Gasteiger partial charge in [-0.1, -0.05) is 0 Å². The second-order valence-corrected chi connectivity index (χ2v) is 10.3. The molecule has 3 aromatic rings. The number of amides is 3. The summed E-state index contributed by atoms with van der Waals surface area (Å²) in [5.41, 5.74) is 4.93. The van der Waals surface area contributed by atoms with Gasteiger partial charge in [-0.25, -0.2) is 14.8 Å². The number of rotatable bonds is 5. The molecule has 204 valence electrons. The molecule has 6 heterocycles. The van der Waals surface area contributed by atoms with Crippen molar-refractivity contribution in [2.75, 3.05) is 70.0 Å². The van der Waals surface area contributed by atoms with Gasteiger partial charge in [-0.05, 0) is 37.1 Å². The lowest BCUT2D eigenvalue weighted by Gasteiger charge is -2.43. The van der Waals surface area contributed by atoms with Gasteiger partial charge in [0.25, 0.3) is 0 Å². The van der Waals surface area contributed by atoms with Crippen LogP contribution in [0.1, 0.15) is 18.4 Å². The minimum Gasteiger partial charge on any atom is -0.378 e. The minimum atomic E-state index is -0.0552. The van der Waals surface area contributed by atoms with E-state index in [9.17, 15) is 9.59 Å². The predicted octanol–water partition coefficient (Wildman–Crippen LogP) is 2.54. The lowest BCUT2D eigenvalue weighted by atomic mass is 9.99. The van der Waals surface area contributed by atoms with Crippen molar-refractivity contribution in [1.82, 2.24) is 24.8 Å². The highest BCUT2D eigenvalue weighted by Gasteiger charge is 2.37. The molecule has 3 aliphatic heterocycles. The third kappa shape index (κ3) is 4.87. The fourth-order valence-electron chi connectivity index (χ4n) is 5.68. The number of hydrogen-bond donors (Lipinski definition) is 0. The quantitative estimate of drug-likeness (QED) is 0.495. The molecule has 2 fully saturated rings. The smallest absolute Gasteiger partial charge is 0.324 e. The van der Waals surface area contributed by atoms with Gasteiger partial charge in [0.05, 0.1) is 36.7 Å². The predicted molar refractivity (Wildman–Crippen MR) is 147 cm³/mol. The first-order valence-electron chi connectivity index (χ1n) is 13.4. The van der Waals surface area contributed by atoms with Gasteiger partial charge in [0.15, 0.2) is 0 Å². The largest absolute Gasteiger partial charge is 0.378 e. The van der Waals surface area contributed by atoms with Crippen molar-refractivity contribution >= 4 is 34.5 Å². The Labute approximate surface area is 227 Å². The average Bonchev–Trinajstić information content (AvgIpc) is 2.98. The molecule has 0 saturated carbocycles. The molecule has 0 aliphatic carbocycles. The second-order valence-electron chi connectivity index (χ2n) is 10.3. The van der Waals surface area contributed by atoms with Gasteiger partial charge in [0.2, 0.25) is 5.91 Å². The summed E-state index contributed by atoms with van der Waals surface area (Å²) < 4.78 is 10.5. The number of urea groups is 1. The van der Waals surface area contributed by atoms with Crippen LogP contribution in [0.2, 0.25) is 0 Å². The maximum Gasteiger partial charge on any atom is 0.324 e. The maximum atomic E-state index is 13.6. The number of nitrogens with zero attached hydrogens (tertiary/aromatic N) is 7. The normalized spacial score (nSPS) is 18.6. The van der Waals surface area contributed by atoms with Crippen molar-refractivity contribution in [2.45, 2.75) is 25.4 Å². The van der Waals surface area contributed by atoms with Crippen LogP contribution in [-0.4, -0.2) is 103 Å². The van der Waals surface area contributed by atoms with E-state index in [0.717, 1.165) is 46.9 Å². The average molecular weight is 532 g/mol. The topological polar surface area (TPSA) is 104 Å². The first-order valence-corrected chi connectivity index (χ1v) is 13.4. The Kier molecular flexibility index (Phi) is 7.01. The molecule has 0 unspecified atom stereocenters. The van der Waals surface area contributed by atoms with E-state index in [0.29, 0.717) is 51.2 Å². The molecule has 0 atom stereocenters. The summed E-state index contributed by atoms with van der Waals surface area (Å²) in [6.07, 6.45) is 5.08. The molecule has 6 rings (SSSR count). The van der Waals surface area contributed by atoms with Gasteiger partial charge in [0.1, 0.15) is 17.9 Å². The first kappa shape index (κ1) is 25.4. The van der Waals surface area contributed by atoms with Gasteiger partial charge in [-0.3, -0.25) is 14.7 Å². The molecule has 0 spiro atoms. The summed E-state index contributed by atoms with van der Waals surface area (Å²) >= 11 is 0. The van der Waals surface area contributed by atoms with E-state index in [4.69, 9.17) is 19.4 Å². The fourth-order valence-corrected chi connectivity index (χ4v) is 5.68. The van der Waals surface area contributed by atoms with Crippen molar-refractivity contribution in [1.29, 1.82) is 0 Å². The molecule has 11 nitrogen and oxygen atoms in total. The number of aromatic nitrogens is 3. The summed E-state index contributed by atoms with van der Waals surface area (Å²) in [5, 5.41) is 0. The van der Waals surface area contributed by atoms with Crippen LogP contribution in [0, 0.1) is 0 Å². The standard InChI is InChI=1S/C28H33N7O4/c1-32-17-20-16-29-23-5-4-22(19-3-6-24(30-15-19)33-11-13-39-14-12-33)31-26(23)27(20)35(28(32)37)21-7-9-34(10-8-21)25(36)18-38-2/h3-6,15-16,21H,7-14,17-18H2,1-2H3. The number of carbonyl (C=O) groups is 2. The van der Waals surface area contributed by atoms with Crippen molar-refractivity contribution in [3.05, 3.63) is 42.2 Å². The second kappa shape index (κ2) is 10.7. The molecular weight excluding hydrogens is 498 g/mol. The highest BCUT2D eigenvalue weighted by Crippen LogP contribution is 2.38. The number of anilines is 2. The van der Waals surface area contributed by atoms with Gasteiger partial charge in [0, 0.05) is 69.9 Å². The van der Waals surface area contributed by atoms with Crippen LogP contribution in [0.15, 0.2) is 36.7 Å². The highest BCUT2D eigenvalue weighted by atomic mass is 16.5. The molecule has 11 heteroatoms. The van der Waals surface area contributed by atoms with Gasteiger partial charge in [-0.2, -0.15) is 0 Å². The zero-order valence-corrected chi connectivity index (χ0v) is 22.4. The lowest BCUT2D eigenvalue weighted by molar-refractivity contribution is -0.136. The Hall–Kier alpha value is -3.83. The van der Waals surface area contributed by atoms with Crippen LogP contribution in [0.5, 0.6) is 0 Å². The summed E-state index contributed by atoms with van der Waals surface area (Å²) in [7, 11) is 3.34. The summed E-state index contributed by atoms with van der Waals surface area (Å²) in [4.78, 5) is 47.9. The zero-order valence-electron chi connectivity index (χ0n) is 22.4. The number of fused-ring (bicyclic) bond motifs is 3. The molecule has 0 bridgehead atoms. The van der Waals surface area contributed by atoms with Crippen LogP contribution in [0.25, 0.3) is 22.3 Å². The van der Waals surface area contributed by atoms with E-state index < -0.39 is 0 Å². The zero-order chi connectivity index (χ0) is 26.9. The summed E-state index contributed by atoms with van der Waals surface area (Å²) in [6.45, 7) is 4.79. The Morgan fingerprint density at radius 2 is 1.85 bits per heavy atom. The molecule has 0 radical (unpaired) electrons. The van der Waals surface area contributed by atoms with E-state index >= 15 is 0 Å². The molecule has 3 aromatic heterocycles. The Morgan fingerprint density at radius 3 is 2.56 bits per heavy atom. The van der Waals surface area contributed by atoms with Crippen LogP contribution in [-0.2, 0) is 20.8 Å². The Morgan fingerprint density at radius 1 is 1.05 bits per heavy atom. The van der Waals surface area contributed by atoms with E-state index in [1.807, 2.05) is 53.5 Å². The summed E-state index contributed by atoms with van der Waals surface area (Å²) in [5.74, 6) is 0.907. The van der Waals surface area contributed by atoms with Gasteiger partial charge >= 0.3 is 6.03 Å². The lowest BCUT2D eigenvalue weighted by Crippen LogP contribution is -2.54. The van der Waals surface area contributed by atoms with Crippen molar-refractivity contribution in [3.8, 4) is 11.3 Å². The Bertz CT molecular complexity index is 1370. The Balaban J connectivity index is 1.33. The number of ether oxygens (including phenoxy) is 2. The number of pyridine rings is 3. The van der Waals surface area contributed by atoms with Gasteiger partial charge < -0.3 is 24.2 Å². The molecule has 0 N–H and O–H groups in total. The molecule has 3 aliphatic rings. The van der Waals surface area contributed by atoms with E-state index in [2.05, 4.69) is 9.88 Å². The first-order chi connectivity index (χ1) is 19.0. The number of likely N-dealkylation sites (tertiary alicyclic amines) is 1. The molecule has 2 saturated heterocycles. The van der Waals surface area contributed by atoms with Crippen molar-refractivity contribution in [2.24, 2.45) is 0 Å². The van der Waals surface area contributed by atoms with Crippen molar-refractivity contribution < 1.29 is 19.1 Å². The van der Waals surface area contributed by atoms with E-state index in [1.54, 1.807) is 4.90 Å². The van der Waals surface area contributed by atoms with E-state index in [1.165, 1.54) is 7.11 Å². The molecule has 3 amide bonds. The molecule has 0 aromatic carbocycles. The number of methoxy groups -OCH3 is 1. The summed E-state index contributed by atoms with van der Waals surface area (Å²) in [6, 6.07) is 7.87. The molecular formula is C28H33N7O4. The van der Waals surface area contributed by atoms with Crippen LogP contribution < -0.4 is 9.80 Å². The van der Waals surface area contributed by atoms with Crippen LogP contribution in [0.4, 0.5) is 16.3 Å².